The van der Waals surface area contributed by atoms with Crippen LogP contribution in [0, 0.1) is 0 Å². The Kier molecular flexibility index (Phi) is 5.75. The number of carbonyl (C=O) groups is 1. The molecule has 0 aliphatic carbocycles. The highest BCUT2D eigenvalue weighted by Crippen LogP contribution is 2.17. The Morgan fingerprint density at radius 2 is 1.81 bits per heavy atom. The molecule has 1 fully saturated rings. The molecule has 26 heavy (non-hydrogen) atoms. The second-order valence-corrected chi connectivity index (χ2v) is 8.24. The lowest BCUT2D eigenvalue weighted by Crippen LogP contribution is -2.51. The minimum atomic E-state index is -3.47. The van der Waals surface area contributed by atoms with Crippen LogP contribution in [0.1, 0.15) is 18.7 Å². The average molecular weight is 377 g/mol. The molecule has 1 amide bonds. The molecule has 2 aromatic rings. The smallest absolute Gasteiger partial charge is 0.243 e. The predicted molar refractivity (Wildman–Crippen MR) is 96.9 cm³/mol. The van der Waals surface area contributed by atoms with Gasteiger partial charge in [-0.15, -0.1) is 0 Å². The zero-order valence-corrected chi connectivity index (χ0v) is 15.5. The molecule has 0 unspecified atom stereocenters. The van der Waals surface area contributed by atoms with Crippen LogP contribution in [0.25, 0.3) is 0 Å². The molecule has 0 bridgehead atoms. The number of piperazine rings is 1. The average Bonchev–Trinajstić information content (AvgIpc) is 3.18. The fourth-order valence-corrected chi connectivity index (χ4v) is 4.41. The number of carbonyl (C=O) groups excluding carboxylic acids is 1. The van der Waals surface area contributed by atoms with Gasteiger partial charge in [0, 0.05) is 26.2 Å². The van der Waals surface area contributed by atoms with E-state index in [0.29, 0.717) is 36.8 Å². The van der Waals surface area contributed by atoms with Gasteiger partial charge in [-0.25, -0.2) is 8.42 Å². The van der Waals surface area contributed by atoms with Crippen molar-refractivity contribution in [2.45, 2.75) is 17.9 Å². The van der Waals surface area contributed by atoms with Gasteiger partial charge in [0.25, 0.3) is 0 Å². The van der Waals surface area contributed by atoms with E-state index in [9.17, 15) is 13.2 Å². The summed E-state index contributed by atoms with van der Waals surface area (Å²) in [6.07, 6.45) is 1.57. The van der Waals surface area contributed by atoms with Crippen molar-refractivity contribution in [2.75, 3.05) is 32.7 Å². The van der Waals surface area contributed by atoms with Crippen molar-refractivity contribution in [2.24, 2.45) is 0 Å². The Morgan fingerprint density at radius 3 is 2.42 bits per heavy atom. The number of hydrogen-bond donors (Lipinski definition) is 1. The molecule has 2 heterocycles. The molecule has 7 nitrogen and oxygen atoms in total. The summed E-state index contributed by atoms with van der Waals surface area (Å²) < 4.78 is 32.0. The first-order valence-electron chi connectivity index (χ1n) is 8.57. The Hall–Kier alpha value is -2.16. The summed E-state index contributed by atoms with van der Waals surface area (Å²) in [6, 6.07) is 11.8. The zero-order chi connectivity index (χ0) is 18.6. The van der Waals surface area contributed by atoms with E-state index in [2.05, 4.69) is 5.32 Å². The topological polar surface area (TPSA) is 82.9 Å². The summed E-state index contributed by atoms with van der Waals surface area (Å²) in [7, 11) is -3.47. The van der Waals surface area contributed by atoms with Crippen molar-refractivity contribution < 1.29 is 17.6 Å². The number of amides is 1. The molecule has 1 N–H and O–H groups in total. The fraction of sp³-hybridized carbons (Fsp3) is 0.389. The summed E-state index contributed by atoms with van der Waals surface area (Å²) in [4.78, 5) is 14.5. The van der Waals surface area contributed by atoms with Crippen LogP contribution in [-0.2, 0) is 14.8 Å². The molecule has 0 saturated carbocycles. The molecule has 8 heteroatoms. The third-order valence-corrected chi connectivity index (χ3v) is 6.34. The van der Waals surface area contributed by atoms with Gasteiger partial charge in [-0.1, -0.05) is 18.2 Å². The van der Waals surface area contributed by atoms with E-state index in [1.165, 1.54) is 4.31 Å². The van der Waals surface area contributed by atoms with Crippen molar-refractivity contribution in [3.8, 4) is 0 Å². The molecule has 1 aliphatic heterocycles. The van der Waals surface area contributed by atoms with Crippen LogP contribution in [0.4, 0.5) is 0 Å². The lowest BCUT2D eigenvalue weighted by molar-refractivity contribution is -0.123. The summed E-state index contributed by atoms with van der Waals surface area (Å²) in [5.41, 5.74) is 0. The van der Waals surface area contributed by atoms with Crippen LogP contribution in [0.2, 0.25) is 0 Å². The minimum absolute atomic E-state index is 0.103. The molecule has 1 saturated heterocycles. The maximum atomic E-state index is 12.6. The highest BCUT2D eigenvalue weighted by molar-refractivity contribution is 7.89. The first-order chi connectivity index (χ1) is 12.5. The number of benzene rings is 1. The van der Waals surface area contributed by atoms with E-state index in [1.807, 2.05) is 17.9 Å². The number of sulfonamides is 1. The van der Waals surface area contributed by atoms with Crippen molar-refractivity contribution in [1.29, 1.82) is 0 Å². The quantitative estimate of drug-likeness (QED) is 0.824. The van der Waals surface area contributed by atoms with Crippen LogP contribution in [0.5, 0.6) is 0 Å². The summed E-state index contributed by atoms with van der Waals surface area (Å²) in [6.45, 7) is 3.89. The maximum Gasteiger partial charge on any atom is 0.243 e. The van der Waals surface area contributed by atoms with Gasteiger partial charge in [-0.3, -0.25) is 9.69 Å². The monoisotopic (exact) mass is 377 g/mol. The SMILES string of the molecule is C[C@@H](NC(=O)CN1CCN(S(=O)(=O)c2ccccc2)CC1)c1ccco1. The summed E-state index contributed by atoms with van der Waals surface area (Å²) in [5.74, 6) is 0.602. The molecule has 1 atom stereocenters. The lowest BCUT2D eigenvalue weighted by atomic mass is 10.2. The van der Waals surface area contributed by atoms with Crippen molar-refractivity contribution in [3.05, 3.63) is 54.5 Å². The Balaban J connectivity index is 1.50. The van der Waals surface area contributed by atoms with Crippen molar-refractivity contribution in [1.82, 2.24) is 14.5 Å². The van der Waals surface area contributed by atoms with Crippen LogP contribution < -0.4 is 5.32 Å². The molecular weight excluding hydrogens is 354 g/mol. The van der Waals surface area contributed by atoms with E-state index in [0.717, 1.165) is 0 Å². The maximum absolute atomic E-state index is 12.6. The van der Waals surface area contributed by atoms with Crippen molar-refractivity contribution >= 4 is 15.9 Å². The van der Waals surface area contributed by atoms with E-state index in [-0.39, 0.29) is 18.5 Å². The van der Waals surface area contributed by atoms with Crippen molar-refractivity contribution in [3.63, 3.8) is 0 Å². The van der Waals surface area contributed by atoms with Gasteiger partial charge in [0.05, 0.1) is 23.7 Å². The molecule has 3 rings (SSSR count). The van der Waals surface area contributed by atoms with Gasteiger partial charge in [0.1, 0.15) is 5.76 Å². The molecule has 0 radical (unpaired) electrons. The van der Waals surface area contributed by atoms with E-state index < -0.39 is 10.0 Å². The number of hydrogen-bond acceptors (Lipinski definition) is 5. The van der Waals surface area contributed by atoms with E-state index >= 15 is 0 Å². The highest BCUT2D eigenvalue weighted by Gasteiger charge is 2.29. The summed E-state index contributed by atoms with van der Waals surface area (Å²) in [5, 5.41) is 2.89. The molecule has 0 spiro atoms. The standard InChI is InChI=1S/C18H23N3O4S/c1-15(17-8-5-13-25-17)19-18(22)14-20-9-11-21(12-10-20)26(23,24)16-6-3-2-4-7-16/h2-8,13,15H,9-12,14H2,1H3,(H,19,22)/t15-/m1/s1. The first-order valence-corrected chi connectivity index (χ1v) is 10.0. The second kappa shape index (κ2) is 8.03. The normalized spacial score (nSPS) is 17.7. The molecule has 1 aliphatic rings. The van der Waals surface area contributed by atoms with Crippen LogP contribution >= 0.6 is 0 Å². The van der Waals surface area contributed by atoms with Gasteiger partial charge in [-0.05, 0) is 31.2 Å². The van der Waals surface area contributed by atoms with Crippen LogP contribution in [-0.4, -0.2) is 56.3 Å². The molecule has 1 aromatic heterocycles. The van der Waals surface area contributed by atoms with Gasteiger partial charge in [0.2, 0.25) is 15.9 Å². The van der Waals surface area contributed by atoms with Gasteiger partial charge >= 0.3 is 0 Å². The fourth-order valence-electron chi connectivity index (χ4n) is 2.97. The van der Waals surface area contributed by atoms with Crippen LogP contribution in [0.15, 0.2) is 58.0 Å². The Labute approximate surface area is 153 Å². The zero-order valence-electron chi connectivity index (χ0n) is 14.7. The highest BCUT2D eigenvalue weighted by atomic mass is 32.2. The molecule has 140 valence electrons. The number of rotatable bonds is 6. The van der Waals surface area contributed by atoms with Gasteiger partial charge < -0.3 is 9.73 Å². The minimum Gasteiger partial charge on any atom is -0.467 e. The first kappa shape index (κ1) is 18.6. The van der Waals surface area contributed by atoms with Crippen LogP contribution in [0.3, 0.4) is 0 Å². The second-order valence-electron chi connectivity index (χ2n) is 6.30. The largest absolute Gasteiger partial charge is 0.467 e. The lowest BCUT2D eigenvalue weighted by Gasteiger charge is -2.33. The third kappa shape index (κ3) is 4.32. The number of furan rings is 1. The van der Waals surface area contributed by atoms with E-state index in [1.54, 1.807) is 42.7 Å². The molecule has 1 aromatic carbocycles. The predicted octanol–water partition coefficient (Wildman–Crippen LogP) is 1.46. The van der Waals surface area contributed by atoms with Gasteiger partial charge in [0.15, 0.2) is 0 Å². The van der Waals surface area contributed by atoms with Gasteiger partial charge in [-0.2, -0.15) is 4.31 Å². The van der Waals surface area contributed by atoms with E-state index in [4.69, 9.17) is 4.42 Å². The Morgan fingerprint density at radius 1 is 1.12 bits per heavy atom. The molecular formula is C18H23N3O4S. The number of nitrogens with zero attached hydrogens (tertiary/aromatic N) is 2. The summed E-state index contributed by atoms with van der Waals surface area (Å²) >= 11 is 0. The number of nitrogens with one attached hydrogen (secondary N) is 1. The third-order valence-electron chi connectivity index (χ3n) is 4.43. The Bertz CT molecular complexity index is 813.